The van der Waals surface area contributed by atoms with Crippen molar-refractivity contribution in [3.8, 4) is 0 Å². The van der Waals surface area contributed by atoms with Crippen molar-refractivity contribution in [3.05, 3.63) is 18.0 Å². The van der Waals surface area contributed by atoms with E-state index in [1.807, 2.05) is 13.8 Å². The Morgan fingerprint density at radius 1 is 1.67 bits per heavy atom. The monoisotopic (exact) mass is 167 g/mol. The van der Waals surface area contributed by atoms with Gasteiger partial charge in [-0.2, -0.15) is 5.10 Å². The molecule has 0 saturated carbocycles. The van der Waals surface area contributed by atoms with Gasteiger partial charge in [-0.15, -0.1) is 0 Å². The number of carbonyl (C=O) groups excluding carboxylic acids is 1. The number of rotatable bonds is 2. The topological polar surface area (TPSA) is 46.9 Å². The van der Waals surface area contributed by atoms with Gasteiger partial charge >= 0.3 is 0 Å². The molecule has 4 heteroatoms. The van der Waals surface area contributed by atoms with Crippen molar-refractivity contribution in [3.63, 3.8) is 0 Å². The van der Waals surface area contributed by atoms with Gasteiger partial charge in [0.05, 0.1) is 11.8 Å². The van der Waals surface area contributed by atoms with Crippen LogP contribution in [0.25, 0.3) is 0 Å². The Kier molecular flexibility index (Phi) is 2.47. The minimum atomic E-state index is -0.0955. The summed E-state index contributed by atoms with van der Waals surface area (Å²) in [6.45, 7) is 4.03. The third-order valence-electron chi connectivity index (χ3n) is 1.62. The Bertz CT molecular complexity index is 278. The molecule has 0 aliphatic heterocycles. The molecule has 1 rings (SSSR count). The largest absolute Gasteiger partial charge is 0.355 e. The van der Waals surface area contributed by atoms with Crippen molar-refractivity contribution in [2.45, 2.75) is 19.9 Å². The summed E-state index contributed by atoms with van der Waals surface area (Å²) < 4.78 is 1.75. The predicted molar refractivity (Wildman–Crippen MR) is 46.0 cm³/mol. The molecule has 0 aliphatic carbocycles. The number of nitrogens with one attached hydrogen (secondary N) is 1. The molecular weight excluding hydrogens is 154 g/mol. The van der Waals surface area contributed by atoms with E-state index in [0.29, 0.717) is 11.6 Å². The van der Waals surface area contributed by atoms with Crippen LogP contribution in [-0.2, 0) is 0 Å². The molecule has 4 nitrogen and oxygen atoms in total. The highest BCUT2D eigenvalue weighted by Gasteiger charge is 2.06. The zero-order valence-electron chi connectivity index (χ0n) is 7.53. The second-order valence-corrected chi connectivity index (χ2v) is 2.88. The van der Waals surface area contributed by atoms with Gasteiger partial charge in [-0.25, -0.2) is 0 Å². The minimum absolute atomic E-state index is 0.0955. The van der Waals surface area contributed by atoms with Crippen LogP contribution in [0.1, 0.15) is 30.2 Å². The average Bonchev–Trinajstić information content (AvgIpc) is 2.51. The van der Waals surface area contributed by atoms with Crippen LogP contribution in [0.3, 0.4) is 0 Å². The van der Waals surface area contributed by atoms with E-state index in [-0.39, 0.29) is 5.91 Å². The molecule has 1 aromatic heterocycles. The van der Waals surface area contributed by atoms with Gasteiger partial charge in [0, 0.05) is 19.3 Å². The highest BCUT2D eigenvalue weighted by molar-refractivity contribution is 5.93. The predicted octanol–water partition coefficient (Wildman–Crippen LogP) is 0.824. The summed E-state index contributed by atoms with van der Waals surface area (Å²) in [7, 11) is 1.61. The van der Waals surface area contributed by atoms with E-state index in [1.165, 1.54) is 0 Å². The van der Waals surface area contributed by atoms with E-state index in [9.17, 15) is 4.79 Å². The summed E-state index contributed by atoms with van der Waals surface area (Å²) in [5, 5.41) is 6.58. The lowest BCUT2D eigenvalue weighted by Gasteiger charge is -2.02. The van der Waals surface area contributed by atoms with E-state index >= 15 is 0 Å². The second kappa shape index (κ2) is 3.38. The zero-order chi connectivity index (χ0) is 9.14. The highest BCUT2D eigenvalue weighted by atomic mass is 16.1. The lowest BCUT2D eigenvalue weighted by atomic mass is 10.3. The lowest BCUT2D eigenvalue weighted by Crippen LogP contribution is -2.17. The summed E-state index contributed by atoms with van der Waals surface area (Å²) in [6.07, 6.45) is 3.31. The van der Waals surface area contributed by atoms with Crippen LogP contribution in [0.4, 0.5) is 0 Å². The molecule has 0 saturated heterocycles. The van der Waals surface area contributed by atoms with Crippen LogP contribution >= 0.6 is 0 Å². The van der Waals surface area contributed by atoms with Crippen LogP contribution in [-0.4, -0.2) is 22.7 Å². The first-order valence-electron chi connectivity index (χ1n) is 3.91. The van der Waals surface area contributed by atoms with Crippen LogP contribution in [0.15, 0.2) is 12.4 Å². The quantitative estimate of drug-likeness (QED) is 0.709. The average molecular weight is 167 g/mol. The van der Waals surface area contributed by atoms with Crippen molar-refractivity contribution in [1.82, 2.24) is 15.1 Å². The van der Waals surface area contributed by atoms with Gasteiger partial charge in [-0.05, 0) is 13.8 Å². The highest BCUT2D eigenvalue weighted by Crippen LogP contribution is 2.04. The number of nitrogens with zero attached hydrogens (tertiary/aromatic N) is 2. The molecule has 1 aromatic rings. The molecule has 0 bridgehead atoms. The maximum atomic E-state index is 11.1. The van der Waals surface area contributed by atoms with Gasteiger partial charge < -0.3 is 5.32 Å². The molecule has 1 N–H and O–H groups in total. The van der Waals surface area contributed by atoms with E-state index < -0.39 is 0 Å². The summed E-state index contributed by atoms with van der Waals surface area (Å²) in [5.41, 5.74) is 0.603. The molecule has 0 unspecified atom stereocenters. The number of amides is 1. The Balaban J connectivity index is 2.84. The van der Waals surface area contributed by atoms with E-state index in [4.69, 9.17) is 0 Å². The third kappa shape index (κ3) is 1.64. The Morgan fingerprint density at radius 2 is 2.33 bits per heavy atom. The fourth-order valence-electron chi connectivity index (χ4n) is 0.882. The van der Waals surface area contributed by atoms with Crippen LogP contribution < -0.4 is 5.32 Å². The Morgan fingerprint density at radius 3 is 2.75 bits per heavy atom. The molecule has 0 spiro atoms. The maximum absolute atomic E-state index is 11.1. The van der Waals surface area contributed by atoms with Gasteiger partial charge in [0.1, 0.15) is 0 Å². The van der Waals surface area contributed by atoms with Crippen molar-refractivity contribution in [2.24, 2.45) is 0 Å². The second-order valence-electron chi connectivity index (χ2n) is 2.88. The molecule has 0 radical (unpaired) electrons. The van der Waals surface area contributed by atoms with Gasteiger partial charge in [0.2, 0.25) is 0 Å². The molecule has 0 aliphatic rings. The minimum Gasteiger partial charge on any atom is -0.355 e. The normalized spacial score (nSPS) is 10.3. The number of hydrogen-bond donors (Lipinski definition) is 1. The van der Waals surface area contributed by atoms with Gasteiger partial charge in [0.25, 0.3) is 5.91 Å². The van der Waals surface area contributed by atoms with E-state index in [1.54, 1.807) is 24.1 Å². The van der Waals surface area contributed by atoms with Crippen LogP contribution in [0.5, 0.6) is 0 Å². The summed E-state index contributed by atoms with van der Waals surface area (Å²) in [4.78, 5) is 11.1. The molecule has 12 heavy (non-hydrogen) atoms. The SMILES string of the molecule is CNC(=O)c1cnn(C(C)C)c1. The number of hydrogen-bond acceptors (Lipinski definition) is 2. The smallest absolute Gasteiger partial charge is 0.254 e. The number of aromatic nitrogens is 2. The Labute approximate surface area is 71.6 Å². The molecule has 66 valence electrons. The van der Waals surface area contributed by atoms with E-state index in [2.05, 4.69) is 10.4 Å². The first-order chi connectivity index (χ1) is 5.65. The fraction of sp³-hybridized carbons (Fsp3) is 0.500. The summed E-state index contributed by atoms with van der Waals surface area (Å²) in [6, 6.07) is 0.295. The molecule has 0 fully saturated rings. The third-order valence-corrected chi connectivity index (χ3v) is 1.62. The van der Waals surface area contributed by atoms with Crippen LogP contribution in [0.2, 0.25) is 0 Å². The van der Waals surface area contributed by atoms with Gasteiger partial charge in [0.15, 0.2) is 0 Å². The van der Waals surface area contributed by atoms with Crippen molar-refractivity contribution >= 4 is 5.91 Å². The summed E-state index contributed by atoms with van der Waals surface area (Å²) >= 11 is 0. The first-order valence-corrected chi connectivity index (χ1v) is 3.91. The fourth-order valence-corrected chi connectivity index (χ4v) is 0.882. The Hall–Kier alpha value is -1.32. The molecule has 1 amide bonds. The molecule has 0 atom stereocenters. The van der Waals surface area contributed by atoms with Crippen molar-refractivity contribution < 1.29 is 4.79 Å². The van der Waals surface area contributed by atoms with Crippen molar-refractivity contribution in [2.75, 3.05) is 7.05 Å². The van der Waals surface area contributed by atoms with Crippen LogP contribution in [0, 0.1) is 0 Å². The van der Waals surface area contributed by atoms with Crippen molar-refractivity contribution in [1.29, 1.82) is 0 Å². The first kappa shape index (κ1) is 8.77. The molecular formula is C8H13N3O. The molecule has 1 heterocycles. The van der Waals surface area contributed by atoms with Gasteiger partial charge in [-0.1, -0.05) is 0 Å². The zero-order valence-corrected chi connectivity index (χ0v) is 7.53. The van der Waals surface area contributed by atoms with Gasteiger partial charge in [-0.3, -0.25) is 9.48 Å². The maximum Gasteiger partial charge on any atom is 0.254 e. The molecule has 0 aromatic carbocycles. The van der Waals surface area contributed by atoms with E-state index in [0.717, 1.165) is 0 Å². The summed E-state index contributed by atoms with van der Waals surface area (Å²) in [5.74, 6) is -0.0955. The number of carbonyl (C=O) groups is 1. The lowest BCUT2D eigenvalue weighted by molar-refractivity contribution is 0.0963. The standard InChI is InChI=1S/C8H13N3O/c1-6(2)11-5-7(4-10-11)8(12)9-3/h4-6H,1-3H3,(H,9,12).